The molecule has 2 aliphatic carbocycles. The molecule has 0 amide bonds. The van der Waals surface area contributed by atoms with E-state index in [9.17, 15) is 0 Å². The largest absolute Gasteiger partial charge is 0.377 e. The maximum absolute atomic E-state index is 6.28. The summed E-state index contributed by atoms with van der Waals surface area (Å²) in [5.41, 5.74) is 0.454. The molecule has 1 saturated heterocycles. The molecule has 2 saturated carbocycles. The quantitative estimate of drug-likeness (QED) is 0.764. The number of hydrogen-bond donors (Lipinski definition) is 1. The van der Waals surface area contributed by atoms with E-state index in [1.54, 1.807) is 0 Å². The van der Waals surface area contributed by atoms with Crippen LogP contribution in [0.5, 0.6) is 0 Å². The first-order valence-corrected chi connectivity index (χ1v) is 9.07. The zero-order valence-corrected chi connectivity index (χ0v) is 13.5. The number of ether oxygens (including phenoxy) is 1. The van der Waals surface area contributed by atoms with Crippen LogP contribution in [0.4, 0.5) is 0 Å². The highest BCUT2D eigenvalue weighted by atomic mass is 16.5. The summed E-state index contributed by atoms with van der Waals surface area (Å²) < 4.78 is 6.28. The maximum Gasteiger partial charge on any atom is 0.0675 e. The molecule has 0 spiro atoms. The Bertz CT molecular complexity index is 305. The van der Waals surface area contributed by atoms with Crippen molar-refractivity contribution in [2.45, 2.75) is 83.8 Å². The van der Waals surface area contributed by atoms with Crippen molar-refractivity contribution in [3.8, 4) is 0 Å². The van der Waals surface area contributed by atoms with Gasteiger partial charge in [0.2, 0.25) is 0 Å². The molecule has 3 aliphatic rings. The molecular formula is C18H33NO. The summed E-state index contributed by atoms with van der Waals surface area (Å²) in [5, 5.41) is 3.78. The minimum atomic E-state index is 0.454. The summed E-state index contributed by atoms with van der Waals surface area (Å²) in [6.07, 6.45) is 13.4. The lowest BCUT2D eigenvalue weighted by Crippen LogP contribution is -2.48. The summed E-state index contributed by atoms with van der Waals surface area (Å²) in [4.78, 5) is 0. The number of rotatable bonds is 5. The smallest absolute Gasteiger partial charge is 0.0675 e. The van der Waals surface area contributed by atoms with Crippen LogP contribution in [0.25, 0.3) is 0 Å². The minimum absolute atomic E-state index is 0.454. The van der Waals surface area contributed by atoms with Crippen LogP contribution < -0.4 is 5.32 Å². The molecule has 1 aliphatic heterocycles. The van der Waals surface area contributed by atoms with E-state index in [0.717, 1.165) is 18.4 Å². The van der Waals surface area contributed by atoms with E-state index >= 15 is 0 Å². The maximum atomic E-state index is 6.28. The molecule has 0 aromatic carbocycles. The van der Waals surface area contributed by atoms with E-state index in [-0.39, 0.29) is 0 Å². The molecule has 3 rings (SSSR count). The first kappa shape index (κ1) is 14.8. The number of nitrogens with one attached hydrogen (secondary N) is 1. The van der Waals surface area contributed by atoms with Crippen LogP contribution in [0.15, 0.2) is 0 Å². The van der Waals surface area contributed by atoms with Gasteiger partial charge in [-0.2, -0.15) is 0 Å². The predicted octanol–water partition coefficient (Wildman–Crippen LogP) is 4.14. The van der Waals surface area contributed by atoms with Crippen molar-refractivity contribution in [3.63, 3.8) is 0 Å². The van der Waals surface area contributed by atoms with Crippen molar-refractivity contribution in [3.05, 3.63) is 0 Å². The first-order valence-electron chi connectivity index (χ1n) is 9.07. The van der Waals surface area contributed by atoms with Gasteiger partial charge < -0.3 is 10.1 Å². The molecule has 2 atom stereocenters. The average Bonchev–Trinajstić information content (AvgIpc) is 3.22. The summed E-state index contributed by atoms with van der Waals surface area (Å²) in [5.74, 6) is 1.79. The Balaban J connectivity index is 1.77. The fourth-order valence-electron chi connectivity index (χ4n) is 4.71. The van der Waals surface area contributed by atoms with Gasteiger partial charge in [0.25, 0.3) is 0 Å². The van der Waals surface area contributed by atoms with Gasteiger partial charge >= 0.3 is 0 Å². The molecule has 2 unspecified atom stereocenters. The molecular weight excluding hydrogens is 246 g/mol. The third kappa shape index (κ3) is 3.06. The van der Waals surface area contributed by atoms with Crippen molar-refractivity contribution in [2.24, 2.45) is 17.3 Å². The van der Waals surface area contributed by atoms with Crippen molar-refractivity contribution < 1.29 is 4.74 Å². The van der Waals surface area contributed by atoms with Gasteiger partial charge in [-0.05, 0) is 43.9 Å². The van der Waals surface area contributed by atoms with Crippen molar-refractivity contribution in [1.29, 1.82) is 0 Å². The fraction of sp³-hybridized carbons (Fsp3) is 1.00. The summed E-state index contributed by atoms with van der Waals surface area (Å²) >= 11 is 0. The van der Waals surface area contributed by atoms with Crippen LogP contribution in [-0.2, 0) is 4.74 Å². The lowest BCUT2D eigenvalue weighted by molar-refractivity contribution is -0.00622. The van der Waals surface area contributed by atoms with Gasteiger partial charge in [0.05, 0.1) is 6.10 Å². The third-order valence-electron chi connectivity index (χ3n) is 5.99. The molecule has 0 bridgehead atoms. The number of hydrogen-bond acceptors (Lipinski definition) is 2. The molecule has 0 radical (unpaired) electrons. The minimum Gasteiger partial charge on any atom is -0.377 e. The molecule has 1 N–H and O–H groups in total. The molecule has 0 aromatic rings. The van der Waals surface area contributed by atoms with Crippen LogP contribution in [-0.4, -0.2) is 25.3 Å². The SMILES string of the molecule is CC(C)NCC1(C2CCCCCC2)CCOC1C1CC1. The van der Waals surface area contributed by atoms with E-state index in [1.165, 1.54) is 64.3 Å². The Morgan fingerprint density at radius 1 is 1.05 bits per heavy atom. The van der Waals surface area contributed by atoms with Gasteiger partial charge in [0.15, 0.2) is 0 Å². The molecule has 0 aromatic heterocycles. The monoisotopic (exact) mass is 279 g/mol. The molecule has 1 heterocycles. The molecule has 20 heavy (non-hydrogen) atoms. The fourth-order valence-corrected chi connectivity index (χ4v) is 4.71. The van der Waals surface area contributed by atoms with Gasteiger partial charge in [-0.15, -0.1) is 0 Å². The first-order chi connectivity index (χ1) is 9.72. The van der Waals surface area contributed by atoms with Gasteiger partial charge in [0, 0.05) is 24.6 Å². The second-order valence-electron chi connectivity index (χ2n) is 7.84. The average molecular weight is 279 g/mol. The van der Waals surface area contributed by atoms with Crippen LogP contribution in [0.3, 0.4) is 0 Å². The Kier molecular flexibility index (Phi) is 4.72. The van der Waals surface area contributed by atoms with E-state index < -0.39 is 0 Å². The Morgan fingerprint density at radius 2 is 1.75 bits per heavy atom. The highest BCUT2D eigenvalue weighted by molar-refractivity contribution is 5.04. The van der Waals surface area contributed by atoms with Crippen molar-refractivity contribution in [2.75, 3.05) is 13.2 Å². The lowest BCUT2D eigenvalue weighted by Gasteiger charge is -2.42. The Hall–Kier alpha value is -0.0800. The van der Waals surface area contributed by atoms with E-state index in [0.29, 0.717) is 17.6 Å². The van der Waals surface area contributed by atoms with Gasteiger partial charge in [-0.1, -0.05) is 39.5 Å². The van der Waals surface area contributed by atoms with E-state index in [2.05, 4.69) is 19.2 Å². The molecule has 116 valence electrons. The zero-order chi connectivity index (χ0) is 14.0. The summed E-state index contributed by atoms with van der Waals surface area (Å²) in [6, 6.07) is 0.595. The Morgan fingerprint density at radius 3 is 2.35 bits per heavy atom. The lowest BCUT2D eigenvalue weighted by atomic mass is 9.66. The third-order valence-corrected chi connectivity index (χ3v) is 5.99. The van der Waals surface area contributed by atoms with Crippen LogP contribution >= 0.6 is 0 Å². The van der Waals surface area contributed by atoms with Crippen LogP contribution in [0.2, 0.25) is 0 Å². The highest BCUT2D eigenvalue weighted by Gasteiger charge is 2.54. The predicted molar refractivity (Wildman–Crippen MR) is 83.8 cm³/mol. The summed E-state index contributed by atoms with van der Waals surface area (Å²) in [6.45, 7) is 6.76. The second kappa shape index (κ2) is 6.36. The molecule has 3 fully saturated rings. The van der Waals surface area contributed by atoms with Crippen molar-refractivity contribution >= 4 is 0 Å². The van der Waals surface area contributed by atoms with Crippen LogP contribution in [0.1, 0.15) is 71.6 Å². The normalized spacial score (nSPS) is 36.5. The highest BCUT2D eigenvalue weighted by Crippen LogP contribution is 2.54. The zero-order valence-electron chi connectivity index (χ0n) is 13.5. The summed E-state index contributed by atoms with van der Waals surface area (Å²) in [7, 11) is 0. The van der Waals surface area contributed by atoms with Crippen molar-refractivity contribution in [1.82, 2.24) is 5.32 Å². The Labute approximate surface area is 125 Å². The van der Waals surface area contributed by atoms with E-state index in [1.807, 2.05) is 0 Å². The van der Waals surface area contributed by atoms with Crippen LogP contribution in [0, 0.1) is 17.3 Å². The second-order valence-corrected chi connectivity index (χ2v) is 7.84. The van der Waals surface area contributed by atoms with Gasteiger partial charge in [-0.25, -0.2) is 0 Å². The molecule has 2 nitrogen and oxygen atoms in total. The topological polar surface area (TPSA) is 21.3 Å². The van der Waals surface area contributed by atoms with Gasteiger partial charge in [0.1, 0.15) is 0 Å². The van der Waals surface area contributed by atoms with E-state index in [4.69, 9.17) is 4.74 Å². The van der Waals surface area contributed by atoms with Gasteiger partial charge in [-0.3, -0.25) is 0 Å². The molecule has 2 heteroatoms. The standard InChI is InChI=1S/C18H33NO/c1-14(2)19-13-18(16-7-5-3-4-6-8-16)11-12-20-17(18)15-9-10-15/h14-17,19H,3-13H2,1-2H3.